The van der Waals surface area contributed by atoms with Crippen LogP contribution in [0.1, 0.15) is 21.8 Å². The van der Waals surface area contributed by atoms with Crippen molar-refractivity contribution >= 4 is 19.8 Å². The van der Waals surface area contributed by atoms with Crippen LogP contribution in [0.25, 0.3) is 0 Å². The topological polar surface area (TPSA) is 0 Å². The van der Waals surface area contributed by atoms with Crippen molar-refractivity contribution in [1.29, 1.82) is 0 Å². The third-order valence-electron chi connectivity index (χ3n) is 0.167. The maximum absolute atomic E-state index is 2.57. The van der Waals surface area contributed by atoms with Crippen LogP contribution in [0.3, 0.4) is 0 Å². The van der Waals surface area contributed by atoms with Crippen molar-refractivity contribution in [1.82, 2.24) is 0 Å². The molecule has 0 aromatic rings. The standard InChI is InChI=1S/C2H7PS.2CH4/c1-2-4-3;;/h2-3H2,1H3;2*1H4. The van der Waals surface area contributed by atoms with E-state index in [4.69, 9.17) is 0 Å². The third-order valence-corrected chi connectivity index (χ3v) is 1.50. The highest BCUT2D eigenvalue weighted by Crippen LogP contribution is 2.06. The minimum atomic E-state index is 0. The summed E-state index contributed by atoms with van der Waals surface area (Å²) in [5.41, 5.74) is 0. The van der Waals surface area contributed by atoms with Crippen LogP contribution in [-0.2, 0) is 0 Å². The molecule has 0 fully saturated rings. The van der Waals surface area contributed by atoms with Gasteiger partial charge in [0.25, 0.3) is 0 Å². The molecule has 0 heterocycles. The van der Waals surface area contributed by atoms with Gasteiger partial charge in [0.1, 0.15) is 0 Å². The maximum Gasteiger partial charge on any atom is -0.00594 e. The van der Waals surface area contributed by atoms with Crippen molar-refractivity contribution in [3.05, 3.63) is 0 Å². The Bertz CT molecular complexity index is 9.51. The fourth-order valence-electron chi connectivity index (χ4n) is 0. The Kier molecular flexibility index (Phi) is 45.1. The average molecular weight is 126 g/mol. The van der Waals surface area contributed by atoms with E-state index >= 15 is 0 Å². The van der Waals surface area contributed by atoms with Crippen LogP contribution in [0.4, 0.5) is 0 Å². The monoisotopic (exact) mass is 126 g/mol. The molecule has 0 aliphatic rings. The lowest BCUT2D eigenvalue weighted by atomic mass is 11.0. The molecule has 0 N–H and O–H groups in total. The van der Waals surface area contributed by atoms with Gasteiger partial charge in [-0.25, -0.2) is 0 Å². The molecule has 0 aromatic heterocycles. The lowest BCUT2D eigenvalue weighted by Gasteiger charge is -1.69. The van der Waals surface area contributed by atoms with E-state index in [1.165, 1.54) is 5.75 Å². The second kappa shape index (κ2) is 17.1. The van der Waals surface area contributed by atoms with Crippen LogP contribution < -0.4 is 0 Å². The van der Waals surface area contributed by atoms with Gasteiger partial charge in [0.05, 0.1) is 0 Å². The van der Waals surface area contributed by atoms with E-state index in [2.05, 4.69) is 15.4 Å². The lowest BCUT2D eigenvalue weighted by molar-refractivity contribution is 1.54. The van der Waals surface area contributed by atoms with Crippen LogP contribution >= 0.6 is 19.8 Å². The molecule has 0 aliphatic heterocycles. The molecule has 0 nitrogen and oxygen atoms in total. The molecule has 0 rings (SSSR count). The van der Waals surface area contributed by atoms with E-state index in [9.17, 15) is 0 Å². The molecule has 1 unspecified atom stereocenters. The molecule has 0 bridgehead atoms. The summed E-state index contributed by atoms with van der Waals surface area (Å²) < 4.78 is 0. The minimum Gasteiger partial charge on any atom is -0.141 e. The van der Waals surface area contributed by atoms with Gasteiger partial charge >= 0.3 is 0 Å². The second-order valence-electron chi connectivity index (χ2n) is 0.455. The Morgan fingerprint density at radius 1 is 1.50 bits per heavy atom. The van der Waals surface area contributed by atoms with Crippen LogP contribution in [0.5, 0.6) is 0 Å². The molecular weight excluding hydrogens is 111 g/mol. The number of rotatable bonds is 1. The third kappa shape index (κ3) is 21.6. The summed E-state index contributed by atoms with van der Waals surface area (Å²) in [4.78, 5) is 0. The number of hydrogen-bond acceptors (Lipinski definition) is 1. The molecule has 0 saturated heterocycles. The fraction of sp³-hybridized carbons (Fsp3) is 1.00. The fourth-order valence-corrected chi connectivity index (χ4v) is 0. The van der Waals surface area contributed by atoms with Gasteiger partial charge in [-0.2, -0.15) is 0 Å². The Morgan fingerprint density at radius 2 is 1.67 bits per heavy atom. The molecule has 0 aromatic carbocycles. The molecule has 0 radical (unpaired) electrons. The first-order valence-corrected chi connectivity index (χ1v) is 3.69. The van der Waals surface area contributed by atoms with Crippen molar-refractivity contribution in [2.75, 3.05) is 5.75 Å². The van der Waals surface area contributed by atoms with Crippen molar-refractivity contribution < 1.29 is 0 Å². The Morgan fingerprint density at radius 3 is 1.67 bits per heavy atom. The maximum atomic E-state index is 2.57. The molecule has 0 amide bonds. The van der Waals surface area contributed by atoms with Gasteiger partial charge < -0.3 is 0 Å². The van der Waals surface area contributed by atoms with Crippen molar-refractivity contribution in [3.63, 3.8) is 0 Å². The predicted molar refractivity (Wildman–Crippen MR) is 41.3 cm³/mol. The summed E-state index contributed by atoms with van der Waals surface area (Å²) in [6.07, 6.45) is 0. The largest absolute Gasteiger partial charge is 0.141 e. The first-order valence-electron chi connectivity index (χ1n) is 1.23. The van der Waals surface area contributed by atoms with Crippen molar-refractivity contribution in [3.8, 4) is 0 Å². The molecule has 1 atom stereocenters. The normalized spacial score (nSPS) is 5.00. The molecule has 0 spiro atoms. The van der Waals surface area contributed by atoms with Gasteiger partial charge in [0.2, 0.25) is 0 Å². The van der Waals surface area contributed by atoms with E-state index in [0.717, 1.165) is 0 Å². The summed E-state index contributed by atoms with van der Waals surface area (Å²) in [6, 6.07) is 0. The zero-order valence-corrected chi connectivity index (χ0v) is 4.66. The summed E-state index contributed by atoms with van der Waals surface area (Å²) in [7, 11) is 2.57. The highest BCUT2D eigenvalue weighted by atomic mass is 32.7. The average Bonchev–Trinajstić information content (AvgIpc) is 1.37. The number of hydrogen-bond donors (Lipinski definition) is 0. The summed E-state index contributed by atoms with van der Waals surface area (Å²) >= 11 is 1.77. The van der Waals surface area contributed by atoms with E-state index in [0.29, 0.717) is 0 Å². The summed E-state index contributed by atoms with van der Waals surface area (Å²) in [5, 5.41) is 0. The SMILES string of the molecule is C.C.CCSP. The molecule has 2 heteroatoms. The second-order valence-corrected chi connectivity index (χ2v) is 2.37. The minimum absolute atomic E-state index is 0. The van der Waals surface area contributed by atoms with Gasteiger partial charge in [-0.05, 0) is 5.75 Å². The lowest BCUT2D eigenvalue weighted by Crippen LogP contribution is -1.44. The van der Waals surface area contributed by atoms with Crippen LogP contribution in [0, 0.1) is 0 Å². The van der Waals surface area contributed by atoms with E-state index in [1.54, 1.807) is 11.4 Å². The summed E-state index contributed by atoms with van der Waals surface area (Å²) in [6.45, 7) is 2.12. The molecule has 0 saturated carbocycles. The Balaban J connectivity index is -0.0000000450. The molecule has 42 valence electrons. The van der Waals surface area contributed by atoms with Crippen LogP contribution in [-0.4, -0.2) is 5.75 Å². The van der Waals surface area contributed by atoms with Gasteiger partial charge in [-0.15, -0.1) is 11.4 Å². The van der Waals surface area contributed by atoms with E-state index in [1.807, 2.05) is 0 Å². The van der Waals surface area contributed by atoms with Crippen molar-refractivity contribution in [2.24, 2.45) is 0 Å². The van der Waals surface area contributed by atoms with Gasteiger partial charge in [0, 0.05) is 0 Å². The van der Waals surface area contributed by atoms with Gasteiger partial charge in [0.15, 0.2) is 0 Å². The highest BCUT2D eigenvalue weighted by molar-refractivity contribution is 8.43. The first kappa shape index (κ1) is 15.9. The Labute approximate surface area is 48.0 Å². The molecule has 6 heavy (non-hydrogen) atoms. The smallest absolute Gasteiger partial charge is 0.00594 e. The van der Waals surface area contributed by atoms with Gasteiger partial charge in [-0.3, -0.25) is 0 Å². The van der Waals surface area contributed by atoms with Gasteiger partial charge in [-0.1, -0.05) is 30.2 Å². The molecule has 0 aliphatic carbocycles. The van der Waals surface area contributed by atoms with E-state index < -0.39 is 0 Å². The van der Waals surface area contributed by atoms with Crippen molar-refractivity contribution in [2.45, 2.75) is 21.8 Å². The summed E-state index contributed by atoms with van der Waals surface area (Å²) in [5.74, 6) is 1.20. The van der Waals surface area contributed by atoms with Crippen LogP contribution in [0.2, 0.25) is 0 Å². The van der Waals surface area contributed by atoms with Crippen LogP contribution in [0.15, 0.2) is 0 Å². The Hall–Kier alpha value is 0.780. The molecular formula is C4H15PS. The zero-order chi connectivity index (χ0) is 3.41. The quantitative estimate of drug-likeness (QED) is 0.487. The highest BCUT2D eigenvalue weighted by Gasteiger charge is 1.55. The first-order chi connectivity index (χ1) is 1.91. The predicted octanol–water partition coefficient (Wildman–Crippen LogP) is 2.80. The van der Waals surface area contributed by atoms with E-state index in [-0.39, 0.29) is 14.9 Å². The zero-order valence-electron chi connectivity index (χ0n) is 2.69.